The zero-order chi connectivity index (χ0) is 20.9. The summed E-state index contributed by atoms with van der Waals surface area (Å²) in [5, 5.41) is 14.6. The van der Waals surface area contributed by atoms with Gasteiger partial charge in [0.05, 0.1) is 22.8 Å². The molecule has 0 saturated heterocycles. The van der Waals surface area contributed by atoms with E-state index in [9.17, 15) is 4.79 Å². The molecule has 2 aromatic heterocycles. The van der Waals surface area contributed by atoms with Crippen LogP contribution in [0.4, 0.5) is 5.69 Å². The fourth-order valence-corrected chi connectivity index (χ4v) is 4.52. The van der Waals surface area contributed by atoms with Crippen molar-refractivity contribution in [1.82, 2.24) is 14.8 Å². The predicted molar refractivity (Wildman–Crippen MR) is 122 cm³/mol. The monoisotopic (exact) mass is 456 g/mol. The molecule has 30 heavy (non-hydrogen) atoms. The summed E-state index contributed by atoms with van der Waals surface area (Å²) < 4.78 is 7.10. The van der Waals surface area contributed by atoms with Gasteiger partial charge in [0.25, 0.3) is 0 Å². The quantitative estimate of drug-likeness (QED) is 0.377. The summed E-state index contributed by atoms with van der Waals surface area (Å²) in [6.07, 6.45) is 0. The number of halogens is 1. The second kappa shape index (κ2) is 9.34. The van der Waals surface area contributed by atoms with Gasteiger partial charge in [0.1, 0.15) is 5.75 Å². The minimum absolute atomic E-state index is 0.165. The van der Waals surface area contributed by atoms with Gasteiger partial charge in [-0.2, -0.15) is 0 Å². The molecule has 0 spiro atoms. The van der Waals surface area contributed by atoms with Crippen LogP contribution in [0, 0.1) is 0 Å². The van der Waals surface area contributed by atoms with Crippen molar-refractivity contribution in [3.8, 4) is 22.1 Å². The van der Waals surface area contributed by atoms with Crippen LogP contribution in [0.3, 0.4) is 0 Å². The van der Waals surface area contributed by atoms with E-state index in [0.29, 0.717) is 21.6 Å². The Hall–Kier alpha value is -2.81. The Labute approximate surface area is 186 Å². The van der Waals surface area contributed by atoms with E-state index < -0.39 is 0 Å². The number of nitrogens with one attached hydrogen (secondary N) is 1. The van der Waals surface area contributed by atoms with Crippen molar-refractivity contribution in [2.24, 2.45) is 0 Å². The first-order valence-electron chi connectivity index (χ1n) is 8.96. The third kappa shape index (κ3) is 4.51. The number of anilines is 1. The molecule has 6 nitrogen and oxygen atoms in total. The van der Waals surface area contributed by atoms with Gasteiger partial charge in [-0.15, -0.1) is 21.5 Å². The van der Waals surface area contributed by atoms with Gasteiger partial charge < -0.3 is 10.1 Å². The Bertz CT molecular complexity index is 1150. The highest BCUT2D eigenvalue weighted by molar-refractivity contribution is 7.99. The lowest BCUT2D eigenvalue weighted by molar-refractivity contribution is -0.113. The van der Waals surface area contributed by atoms with E-state index in [1.54, 1.807) is 36.6 Å². The molecule has 0 unspecified atom stereocenters. The van der Waals surface area contributed by atoms with Crippen molar-refractivity contribution in [3.63, 3.8) is 0 Å². The lowest BCUT2D eigenvalue weighted by atomic mass is 10.3. The first kappa shape index (κ1) is 20.5. The number of hydrogen-bond acceptors (Lipinski definition) is 6. The Morgan fingerprint density at radius 1 is 1.17 bits per heavy atom. The topological polar surface area (TPSA) is 69.0 Å². The number of aromatic nitrogens is 3. The van der Waals surface area contributed by atoms with Crippen molar-refractivity contribution in [2.75, 3.05) is 18.2 Å². The third-order valence-corrected chi connectivity index (χ3v) is 6.25. The van der Waals surface area contributed by atoms with Gasteiger partial charge in [-0.3, -0.25) is 9.36 Å². The fraction of sp³-hybridized carbons (Fsp3) is 0.0952. The molecular formula is C21H17ClN4O2S2. The van der Waals surface area contributed by atoms with Gasteiger partial charge in [0, 0.05) is 11.4 Å². The molecule has 0 fully saturated rings. The molecule has 0 atom stereocenters. The number of rotatable bonds is 7. The van der Waals surface area contributed by atoms with Crippen molar-refractivity contribution < 1.29 is 9.53 Å². The number of amides is 1. The van der Waals surface area contributed by atoms with Crippen LogP contribution in [0.1, 0.15) is 0 Å². The molecule has 4 rings (SSSR count). The van der Waals surface area contributed by atoms with Gasteiger partial charge >= 0.3 is 0 Å². The Morgan fingerprint density at radius 2 is 2.00 bits per heavy atom. The Kier molecular flexibility index (Phi) is 6.37. The van der Waals surface area contributed by atoms with Crippen molar-refractivity contribution in [1.29, 1.82) is 0 Å². The second-order valence-corrected chi connectivity index (χ2v) is 8.44. The van der Waals surface area contributed by atoms with Crippen molar-refractivity contribution >= 4 is 46.3 Å². The maximum atomic E-state index is 12.5. The molecule has 0 aliphatic carbocycles. The molecule has 4 aromatic rings. The van der Waals surface area contributed by atoms with Crippen LogP contribution < -0.4 is 10.1 Å². The Balaban J connectivity index is 1.52. The molecule has 0 aliphatic rings. The van der Waals surface area contributed by atoms with Crippen molar-refractivity contribution in [3.05, 3.63) is 71.1 Å². The van der Waals surface area contributed by atoms with E-state index in [1.807, 2.05) is 52.4 Å². The molecule has 0 bridgehead atoms. The molecule has 0 aliphatic heterocycles. The highest BCUT2D eigenvalue weighted by atomic mass is 35.5. The lowest BCUT2D eigenvalue weighted by Gasteiger charge is -2.10. The van der Waals surface area contributed by atoms with Crippen LogP contribution in [-0.4, -0.2) is 33.5 Å². The summed E-state index contributed by atoms with van der Waals surface area (Å²) in [4.78, 5) is 13.5. The van der Waals surface area contributed by atoms with Crippen LogP contribution in [0.2, 0.25) is 5.02 Å². The SMILES string of the molecule is COc1ccc(NC(=O)CSc2nnc(-c3cccs3)n2-c2ccccc2)cc1Cl. The number of carbonyl (C=O) groups is 1. The highest BCUT2D eigenvalue weighted by Crippen LogP contribution is 2.31. The number of benzene rings is 2. The molecule has 9 heteroatoms. The fourth-order valence-electron chi connectivity index (χ4n) is 2.81. The molecular weight excluding hydrogens is 440 g/mol. The minimum atomic E-state index is -0.165. The normalized spacial score (nSPS) is 10.7. The zero-order valence-corrected chi connectivity index (χ0v) is 18.3. The van der Waals surface area contributed by atoms with Gasteiger partial charge in [0.2, 0.25) is 5.91 Å². The second-order valence-electron chi connectivity index (χ2n) is 6.14. The van der Waals surface area contributed by atoms with E-state index in [-0.39, 0.29) is 11.7 Å². The van der Waals surface area contributed by atoms with Gasteiger partial charge in [-0.25, -0.2) is 0 Å². The van der Waals surface area contributed by atoms with E-state index in [1.165, 1.54) is 11.8 Å². The summed E-state index contributed by atoms with van der Waals surface area (Å²) in [6.45, 7) is 0. The number of thiophene rings is 1. The molecule has 2 heterocycles. The zero-order valence-electron chi connectivity index (χ0n) is 15.9. The number of methoxy groups -OCH3 is 1. The third-order valence-electron chi connectivity index (χ3n) is 4.16. The highest BCUT2D eigenvalue weighted by Gasteiger charge is 2.18. The van der Waals surface area contributed by atoms with E-state index in [2.05, 4.69) is 15.5 Å². The summed E-state index contributed by atoms with van der Waals surface area (Å²) in [5.74, 6) is 1.32. The summed E-state index contributed by atoms with van der Waals surface area (Å²) >= 11 is 9.04. The molecule has 2 aromatic carbocycles. The first-order valence-corrected chi connectivity index (χ1v) is 11.2. The molecule has 1 N–H and O–H groups in total. The summed E-state index contributed by atoms with van der Waals surface area (Å²) in [5.41, 5.74) is 1.55. The lowest BCUT2D eigenvalue weighted by Crippen LogP contribution is -2.14. The van der Waals surface area contributed by atoms with E-state index in [0.717, 1.165) is 16.4 Å². The van der Waals surface area contributed by atoms with Gasteiger partial charge in [-0.05, 0) is 41.8 Å². The summed E-state index contributed by atoms with van der Waals surface area (Å²) in [7, 11) is 1.55. The smallest absolute Gasteiger partial charge is 0.234 e. The van der Waals surface area contributed by atoms with Gasteiger partial charge in [-0.1, -0.05) is 47.6 Å². The van der Waals surface area contributed by atoms with Crippen LogP contribution in [0.25, 0.3) is 16.4 Å². The minimum Gasteiger partial charge on any atom is -0.495 e. The number of nitrogens with zero attached hydrogens (tertiary/aromatic N) is 3. The first-order chi connectivity index (χ1) is 14.7. The van der Waals surface area contributed by atoms with Crippen molar-refractivity contribution in [2.45, 2.75) is 5.16 Å². The van der Waals surface area contributed by atoms with Crippen LogP contribution in [0.15, 0.2) is 71.2 Å². The number of hydrogen-bond donors (Lipinski definition) is 1. The largest absolute Gasteiger partial charge is 0.495 e. The van der Waals surface area contributed by atoms with Crippen LogP contribution in [0.5, 0.6) is 5.75 Å². The maximum Gasteiger partial charge on any atom is 0.234 e. The van der Waals surface area contributed by atoms with Gasteiger partial charge in [0.15, 0.2) is 11.0 Å². The predicted octanol–water partition coefficient (Wildman–Crippen LogP) is 5.39. The average Bonchev–Trinajstić information content (AvgIpc) is 3.43. The molecule has 0 saturated carbocycles. The standard InChI is InChI=1S/C21H17ClN4O2S2/c1-28-17-10-9-14(12-16(17)22)23-19(27)13-30-21-25-24-20(18-8-5-11-29-18)26(21)15-6-3-2-4-7-15/h2-12H,13H2,1H3,(H,23,27). The van der Waals surface area contributed by atoms with E-state index in [4.69, 9.17) is 16.3 Å². The maximum absolute atomic E-state index is 12.5. The molecule has 1 amide bonds. The number of carbonyl (C=O) groups excluding carboxylic acids is 1. The molecule has 0 radical (unpaired) electrons. The van der Waals surface area contributed by atoms with E-state index >= 15 is 0 Å². The van der Waals surface area contributed by atoms with Crippen LogP contribution >= 0.6 is 34.7 Å². The number of thioether (sulfide) groups is 1. The number of ether oxygens (including phenoxy) is 1. The molecule has 152 valence electrons. The number of para-hydroxylation sites is 1. The summed E-state index contributed by atoms with van der Waals surface area (Å²) in [6, 6.07) is 19.0. The van der Waals surface area contributed by atoms with Crippen LogP contribution in [-0.2, 0) is 4.79 Å². The Morgan fingerprint density at radius 3 is 2.70 bits per heavy atom. The average molecular weight is 457 g/mol.